The number of phosphoric acid groups is 2. The first-order chi connectivity index (χ1) is 16.7. The van der Waals surface area contributed by atoms with Gasteiger partial charge in [0.05, 0.1) is 12.7 Å². The van der Waals surface area contributed by atoms with Gasteiger partial charge < -0.3 is 49.3 Å². The average Bonchev–Trinajstić information content (AvgIpc) is 3.06. The molecule has 0 aromatic carbocycles. The maximum atomic E-state index is 12.1. The van der Waals surface area contributed by atoms with Gasteiger partial charge in [-0.2, -0.15) is 0 Å². The molecule has 0 radical (unpaired) electrons. The van der Waals surface area contributed by atoms with Crippen LogP contribution in [0.3, 0.4) is 0 Å². The molecule has 1 aromatic rings. The lowest BCUT2D eigenvalue weighted by molar-refractivity contribution is -0.298. The van der Waals surface area contributed by atoms with Gasteiger partial charge in [-0.1, -0.05) is 15.9 Å². The zero-order valence-corrected chi connectivity index (χ0v) is 21.1. The van der Waals surface area contributed by atoms with Crippen molar-refractivity contribution in [3.8, 4) is 0 Å². The van der Waals surface area contributed by atoms with Crippen molar-refractivity contribution >= 4 is 31.6 Å². The van der Waals surface area contributed by atoms with E-state index in [2.05, 4.69) is 29.3 Å². The normalized spacial score (nSPS) is 38.4. The molecule has 0 bridgehead atoms. The van der Waals surface area contributed by atoms with E-state index in [0.717, 1.165) is 12.3 Å². The van der Waals surface area contributed by atoms with E-state index in [0.29, 0.717) is 4.57 Å². The minimum Gasteiger partial charge on any atom is -0.756 e. The fraction of sp³-hybridized carbons (Fsp3) is 0.733. The van der Waals surface area contributed by atoms with Gasteiger partial charge in [-0.15, -0.1) is 0 Å². The van der Waals surface area contributed by atoms with Gasteiger partial charge in [0.2, 0.25) is 0 Å². The highest BCUT2D eigenvalue weighted by atomic mass is 79.9. The van der Waals surface area contributed by atoms with Gasteiger partial charge in [0, 0.05) is 17.6 Å². The molecule has 2 aliphatic rings. The summed E-state index contributed by atoms with van der Waals surface area (Å²) in [5.41, 5.74) is -1.76. The third-order valence-electron chi connectivity index (χ3n) is 5.11. The number of nitrogens with zero attached hydrogens (tertiary/aromatic N) is 1. The predicted molar refractivity (Wildman–Crippen MR) is 111 cm³/mol. The molecule has 2 aliphatic heterocycles. The van der Waals surface area contributed by atoms with Gasteiger partial charge in [0.1, 0.15) is 36.6 Å². The summed E-state index contributed by atoms with van der Waals surface area (Å²) >= 11 is 2.93. The van der Waals surface area contributed by atoms with E-state index in [-0.39, 0.29) is 5.33 Å². The number of aliphatic hydroxyl groups is 5. The summed E-state index contributed by atoms with van der Waals surface area (Å²) in [7, 11) is -11.6. The molecule has 3 heterocycles. The summed E-state index contributed by atoms with van der Waals surface area (Å²) < 4.78 is 47.6. The molecule has 1 aromatic heterocycles. The van der Waals surface area contributed by atoms with E-state index in [4.69, 9.17) is 9.47 Å². The summed E-state index contributed by atoms with van der Waals surface area (Å²) in [6.45, 7) is -1.09. The van der Waals surface area contributed by atoms with Crippen LogP contribution in [0.25, 0.3) is 0 Å². The Morgan fingerprint density at radius 3 is 2.22 bits per heavy atom. The van der Waals surface area contributed by atoms with E-state index in [9.17, 15) is 54.0 Å². The number of aromatic amines is 1. The summed E-state index contributed by atoms with van der Waals surface area (Å²) in [5, 5.41) is 49.5. The molecule has 2 unspecified atom stereocenters. The van der Waals surface area contributed by atoms with Crippen LogP contribution in [0.2, 0.25) is 0 Å². The lowest BCUT2D eigenvalue weighted by atomic mass is 10.0. The van der Waals surface area contributed by atoms with Crippen molar-refractivity contribution in [2.75, 3.05) is 11.9 Å². The molecule has 0 amide bonds. The summed E-state index contributed by atoms with van der Waals surface area (Å²) in [6.07, 6.45) is -14.8. The summed E-state index contributed by atoms with van der Waals surface area (Å²) in [4.78, 5) is 49.0. The quantitative estimate of drug-likeness (QED) is 0.111. The number of aromatic nitrogens is 2. The third-order valence-corrected chi connectivity index (χ3v) is 8.28. The minimum atomic E-state index is -5.84. The van der Waals surface area contributed by atoms with E-state index in [1.54, 1.807) is 0 Å². The Kier molecular flexibility index (Phi) is 9.47. The van der Waals surface area contributed by atoms with Gasteiger partial charge in [-0.3, -0.25) is 28.0 Å². The van der Waals surface area contributed by atoms with Crippen LogP contribution < -0.4 is 21.0 Å². The molecule has 0 spiro atoms. The van der Waals surface area contributed by atoms with Gasteiger partial charge in [0.25, 0.3) is 21.2 Å². The maximum Gasteiger partial charge on any atom is 0.330 e. The highest BCUT2D eigenvalue weighted by molar-refractivity contribution is 9.09. The summed E-state index contributed by atoms with van der Waals surface area (Å²) in [6, 6.07) is 0.923. The van der Waals surface area contributed by atoms with Crippen molar-refractivity contribution < 1.29 is 67.3 Å². The number of hydrogen-bond donors (Lipinski definition) is 6. The molecule has 6 N–H and O–H groups in total. The van der Waals surface area contributed by atoms with Crippen molar-refractivity contribution in [3.05, 3.63) is 33.1 Å². The number of aliphatic hydroxyl groups excluding tert-OH is 5. The molecule has 2 saturated heterocycles. The Labute approximate surface area is 209 Å². The molecule has 11 atom stereocenters. The van der Waals surface area contributed by atoms with Crippen LogP contribution in [-0.2, 0) is 32.0 Å². The van der Waals surface area contributed by atoms with Gasteiger partial charge in [0.15, 0.2) is 12.5 Å². The largest absolute Gasteiger partial charge is 0.756 e. The number of phosphoric ester groups is 2. The molecule has 206 valence electrons. The SMILES string of the molecule is O=c1ccn([C@@H]2O[C@H](COP(=O)([O-])OP(=O)([O-])O[C@H]3O[C@H](CBr)[C@@H](O)[C@H](O)[C@H]3O)[C@@H](O)[C@H]2O)c(=O)[nH]1. The maximum absolute atomic E-state index is 12.1. The van der Waals surface area contributed by atoms with E-state index < -0.39 is 88.7 Å². The van der Waals surface area contributed by atoms with Gasteiger partial charge in [-0.05, 0) is 0 Å². The number of alkyl halides is 1. The second-order valence-corrected chi connectivity index (χ2v) is 11.2. The average molecular weight is 627 g/mol. The molecule has 2 fully saturated rings. The zero-order valence-electron chi connectivity index (χ0n) is 17.7. The van der Waals surface area contributed by atoms with Crippen molar-refractivity contribution in [2.45, 2.75) is 55.2 Å². The standard InChI is InChI=1S/C15H23BrN2O16P2/c16-3-5-8(20)10(22)12(24)14(32-5)33-36(28,29)34-35(26,27)30-4-6-9(21)11(23)13(31-6)18-2-1-7(19)17-15(18)25/h1-2,5-6,8-14,20-24H,3-4H2,(H,26,27)(H,28,29)(H,17,19,25)/p-2/t5-,6-,8-,9-,10+,11-,12-,13-,14-/m1/s1. The van der Waals surface area contributed by atoms with Crippen LogP contribution in [0.15, 0.2) is 21.9 Å². The number of nitrogens with one attached hydrogen (secondary N) is 1. The summed E-state index contributed by atoms with van der Waals surface area (Å²) in [5.74, 6) is 0. The lowest BCUT2D eigenvalue weighted by Gasteiger charge is -2.42. The van der Waals surface area contributed by atoms with Crippen molar-refractivity contribution in [1.29, 1.82) is 0 Å². The molecular weight excluding hydrogens is 606 g/mol. The molecule has 0 aliphatic carbocycles. The van der Waals surface area contributed by atoms with Gasteiger partial charge in [-0.25, -0.2) is 9.11 Å². The zero-order chi connectivity index (χ0) is 27.0. The second-order valence-electron chi connectivity index (χ2n) is 7.61. The molecule has 18 nitrogen and oxygen atoms in total. The first kappa shape index (κ1) is 29.7. The van der Waals surface area contributed by atoms with Gasteiger partial charge >= 0.3 is 5.69 Å². The monoisotopic (exact) mass is 626 g/mol. The van der Waals surface area contributed by atoms with Crippen LogP contribution in [0.1, 0.15) is 6.23 Å². The topological polar surface area (TPSA) is 282 Å². The number of H-pyrrole nitrogens is 1. The van der Waals surface area contributed by atoms with Crippen LogP contribution >= 0.6 is 31.6 Å². The Balaban J connectivity index is 1.61. The van der Waals surface area contributed by atoms with E-state index in [1.807, 2.05) is 4.98 Å². The van der Waals surface area contributed by atoms with Crippen molar-refractivity contribution in [1.82, 2.24) is 9.55 Å². The Morgan fingerprint density at radius 1 is 0.972 bits per heavy atom. The Bertz CT molecular complexity index is 1130. The molecule has 36 heavy (non-hydrogen) atoms. The van der Waals surface area contributed by atoms with Crippen molar-refractivity contribution in [3.63, 3.8) is 0 Å². The molecule has 21 heteroatoms. The molecule has 3 rings (SSSR count). The third kappa shape index (κ3) is 6.76. The number of hydrogen-bond acceptors (Lipinski definition) is 16. The Hall–Kier alpha value is -0.860. The smallest absolute Gasteiger partial charge is 0.330 e. The number of rotatable bonds is 9. The second kappa shape index (κ2) is 11.5. The highest BCUT2D eigenvalue weighted by Crippen LogP contribution is 2.57. The Morgan fingerprint density at radius 2 is 1.61 bits per heavy atom. The molecule has 0 saturated carbocycles. The fourth-order valence-electron chi connectivity index (χ4n) is 3.31. The molecular formula is C15H21BrN2O16P2-2. The lowest BCUT2D eigenvalue weighted by Crippen LogP contribution is -2.58. The van der Waals surface area contributed by atoms with Crippen LogP contribution in [0, 0.1) is 0 Å². The minimum absolute atomic E-state index is 0.118. The number of ether oxygens (including phenoxy) is 2. The number of halogens is 1. The first-order valence-electron chi connectivity index (χ1n) is 9.91. The van der Waals surface area contributed by atoms with E-state index >= 15 is 0 Å². The van der Waals surface area contributed by atoms with Crippen LogP contribution in [0.4, 0.5) is 0 Å². The van der Waals surface area contributed by atoms with Crippen molar-refractivity contribution in [2.24, 2.45) is 0 Å². The highest BCUT2D eigenvalue weighted by Gasteiger charge is 2.46. The van der Waals surface area contributed by atoms with Crippen LogP contribution in [-0.4, -0.2) is 96.0 Å². The fourth-order valence-corrected chi connectivity index (χ4v) is 5.93. The van der Waals surface area contributed by atoms with Crippen LogP contribution in [0.5, 0.6) is 0 Å². The first-order valence-corrected chi connectivity index (χ1v) is 13.9. The van der Waals surface area contributed by atoms with E-state index in [1.165, 1.54) is 0 Å². The predicted octanol–water partition coefficient (Wildman–Crippen LogP) is -4.66.